The third-order valence-corrected chi connectivity index (χ3v) is 4.79. The van der Waals surface area contributed by atoms with Crippen molar-refractivity contribution < 1.29 is 14.6 Å². The fourth-order valence-electron chi connectivity index (χ4n) is 3.23. The lowest BCUT2D eigenvalue weighted by atomic mass is 10.1. The number of anilines is 2. The average molecular weight is 399 g/mol. The zero-order valence-corrected chi connectivity index (χ0v) is 16.7. The second-order valence-corrected chi connectivity index (χ2v) is 6.87. The minimum Gasteiger partial charge on any atom is -0.457 e. The van der Waals surface area contributed by atoms with Crippen molar-refractivity contribution in [1.29, 1.82) is 0 Å². The standard InChI is InChI=1S/C24H21N3O3/c1-16-25-22-6-4-3-5-21(22)24(26-16)27(2)18-9-13-20(14-10-18)30-19-11-7-17(8-12-19)23(29)15-28/h3-14,28H,15H2,1-2H3. The molecule has 0 fully saturated rings. The summed E-state index contributed by atoms with van der Waals surface area (Å²) in [6.07, 6.45) is 0. The Kier molecular flexibility index (Phi) is 5.41. The van der Waals surface area contributed by atoms with E-state index in [4.69, 9.17) is 9.84 Å². The number of fused-ring (bicyclic) bond motifs is 1. The number of aliphatic hydroxyl groups excluding tert-OH is 1. The number of aryl methyl sites for hydroxylation is 1. The van der Waals surface area contributed by atoms with E-state index >= 15 is 0 Å². The van der Waals surface area contributed by atoms with E-state index in [1.54, 1.807) is 24.3 Å². The molecule has 0 amide bonds. The van der Waals surface area contributed by atoms with E-state index in [2.05, 4.69) is 9.97 Å². The van der Waals surface area contributed by atoms with Gasteiger partial charge in [0, 0.05) is 23.7 Å². The molecule has 1 aromatic heterocycles. The Labute approximate surface area is 174 Å². The maximum Gasteiger partial charge on any atom is 0.188 e. The molecule has 1 N–H and O–H groups in total. The van der Waals surface area contributed by atoms with Gasteiger partial charge in [0.2, 0.25) is 0 Å². The van der Waals surface area contributed by atoms with Crippen LogP contribution in [0.1, 0.15) is 16.2 Å². The number of ether oxygens (including phenoxy) is 1. The quantitative estimate of drug-likeness (QED) is 0.475. The Balaban J connectivity index is 1.54. The highest BCUT2D eigenvalue weighted by Gasteiger charge is 2.12. The van der Waals surface area contributed by atoms with Crippen LogP contribution in [0.3, 0.4) is 0 Å². The zero-order valence-electron chi connectivity index (χ0n) is 16.7. The number of aromatic nitrogens is 2. The summed E-state index contributed by atoms with van der Waals surface area (Å²) in [7, 11) is 1.97. The lowest BCUT2D eigenvalue weighted by Gasteiger charge is -2.20. The van der Waals surface area contributed by atoms with Crippen LogP contribution in [-0.4, -0.2) is 34.5 Å². The van der Waals surface area contributed by atoms with Crippen molar-refractivity contribution in [2.45, 2.75) is 6.92 Å². The number of carbonyl (C=O) groups is 1. The number of Topliss-reactive ketones (excluding diaryl/α,β-unsaturated/α-hetero) is 1. The van der Waals surface area contributed by atoms with E-state index in [0.29, 0.717) is 17.1 Å². The summed E-state index contributed by atoms with van der Waals surface area (Å²) in [5.74, 6) is 2.54. The van der Waals surface area contributed by atoms with Crippen molar-refractivity contribution in [2.75, 3.05) is 18.6 Å². The van der Waals surface area contributed by atoms with Gasteiger partial charge < -0.3 is 14.7 Å². The summed E-state index contributed by atoms with van der Waals surface area (Å²) in [5, 5.41) is 9.92. The summed E-state index contributed by atoms with van der Waals surface area (Å²) in [4.78, 5) is 22.7. The number of benzene rings is 3. The molecule has 6 heteroatoms. The summed E-state index contributed by atoms with van der Waals surface area (Å²) >= 11 is 0. The first kappa shape index (κ1) is 19.5. The van der Waals surface area contributed by atoms with Gasteiger partial charge in [0.25, 0.3) is 0 Å². The van der Waals surface area contributed by atoms with Gasteiger partial charge in [0.05, 0.1) is 5.52 Å². The molecule has 6 nitrogen and oxygen atoms in total. The first-order chi connectivity index (χ1) is 14.5. The molecule has 0 aliphatic carbocycles. The van der Waals surface area contributed by atoms with Crippen LogP contribution >= 0.6 is 0 Å². The maximum absolute atomic E-state index is 11.5. The molecule has 0 saturated carbocycles. The summed E-state index contributed by atoms with van der Waals surface area (Å²) in [6, 6.07) is 22.3. The highest BCUT2D eigenvalue weighted by atomic mass is 16.5. The number of carbonyl (C=O) groups excluding carboxylic acids is 1. The molecule has 0 unspecified atom stereocenters. The number of rotatable bonds is 6. The molecule has 0 bridgehead atoms. The molecule has 0 saturated heterocycles. The Morgan fingerprint density at radius 1 is 0.933 bits per heavy atom. The van der Waals surface area contributed by atoms with Gasteiger partial charge in [-0.05, 0) is 67.6 Å². The van der Waals surface area contributed by atoms with Crippen molar-refractivity contribution in [3.05, 3.63) is 84.2 Å². The monoisotopic (exact) mass is 399 g/mol. The fraction of sp³-hybridized carbons (Fsp3) is 0.125. The van der Waals surface area contributed by atoms with Crippen LogP contribution in [0.5, 0.6) is 11.5 Å². The summed E-state index contributed by atoms with van der Waals surface area (Å²) < 4.78 is 5.86. The topological polar surface area (TPSA) is 75.6 Å². The number of hydrogen-bond donors (Lipinski definition) is 1. The Hall–Kier alpha value is -3.77. The fourth-order valence-corrected chi connectivity index (χ4v) is 3.23. The van der Waals surface area contributed by atoms with E-state index in [0.717, 1.165) is 28.2 Å². The van der Waals surface area contributed by atoms with Gasteiger partial charge in [0.15, 0.2) is 5.78 Å². The molecule has 4 rings (SSSR count). The molecule has 3 aromatic carbocycles. The summed E-state index contributed by atoms with van der Waals surface area (Å²) in [5.41, 5.74) is 2.33. The molecule has 0 radical (unpaired) electrons. The average Bonchev–Trinajstić information content (AvgIpc) is 2.78. The lowest BCUT2D eigenvalue weighted by molar-refractivity contribution is 0.0903. The zero-order chi connectivity index (χ0) is 21.1. The smallest absolute Gasteiger partial charge is 0.188 e. The largest absolute Gasteiger partial charge is 0.457 e. The lowest BCUT2D eigenvalue weighted by Crippen LogP contribution is -2.12. The van der Waals surface area contributed by atoms with Gasteiger partial charge in [-0.1, -0.05) is 12.1 Å². The van der Waals surface area contributed by atoms with E-state index in [1.165, 1.54) is 0 Å². The molecular formula is C24H21N3O3. The third-order valence-electron chi connectivity index (χ3n) is 4.79. The number of nitrogens with zero attached hydrogens (tertiary/aromatic N) is 3. The molecule has 1 heterocycles. The molecule has 0 aliphatic heterocycles. The second-order valence-electron chi connectivity index (χ2n) is 6.87. The predicted molar refractivity (Wildman–Crippen MR) is 117 cm³/mol. The van der Waals surface area contributed by atoms with Gasteiger partial charge in [0.1, 0.15) is 29.7 Å². The number of para-hydroxylation sites is 1. The molecule has 30 heavy (non-hydrogen) atoms. The Morgan fingerprint density at radius 2 is 1.57 bits per heavy atom. The molecular weight excluding hydrogens is 378 g/mol. The first-order valence-corrected chi connectivity index (χ1v) is 9.54. The van der Waals surface area contributed by atoms with Crippen LogP contribution in [-0.2, 0) is 0 Å². The van der Waals surface area contributed by atoms with Crippen LogP contribution in [0.25, 0.3) is 10.9 Å². The summed E-state index contributed by atoms with van der Waals surface area (Å²) in [6.45, 7) is 1.39. The maximum atomic E-state index is 11.5. The number of hydrogen-bond acceptors (Lipinski definition) is 6. The van der Waals surface area contributed by atoms with Crippen molar-refractivity contribution >= 4 is 28.2 Å². The van der Waals surface area contributed by atoms with Gasteiger partial charge >= 0.3 is 0 Å². The highest BCUT2D eigenvalue weighted by molar-refractivity contribution is 5.97. The van der Waals surface area contributed by atoms with Crippen molar-refractivity contribution in [3.63, 3.8) is 0 Å². The van der Waals surface area contributed by atoms with Crippen molar-refractivity contribution in [1.82, 2.24) is 9.97 Å². The first-order valence-electron chi connectivity index (χ1n) is 9.54. The van der Waals surface area contributed by atoms with E-state index < -0.39 is 6.61 Å². The van der Waals surface area contributed by atoms with E-state index in [9.17, 15) is 4.79 Å². The molecule has 0 spiro atoms. The Bertz CT molecular complexity index is 1190. The van der Waals surface area contributed by atoms with Crippen LogP contribution in [0.2, 0.25) is 0 Å². The Morgan fingerprint density at radius 3 is 2.23 bits per heavy atom. The second kappa shape index (κ2) is 8.31. The van der Waals surface area contributed by atoms with Crippen LogP contribution in [0, 0.1) is 6.92 Å². The molecule has 0 aliphatic rings. The van der Waals surface area contributed by atoms with Crippen LogP contribution in [0.15, 0.2) is 72.8 Å². The third kappa shape index (κ3) is 3.99. The van der Waals surface area contributed by atoms with E-state index in [1.807, 2.05) is 67.4 Å². The van der Waals surface area contributed by atoms with Crippen molar-refractivity contribution in [3.8, 4) is 11.5 Å². The van der Waals surface area contributed by atoms with Gasteiger partial charge in [-0.15, -0.1) is 0 Å². The van der Waals surface area contributed by atoms with Crippen molar-refractivity contribution in [2.24, 2.45) is 0 Å². The minimum absolute atomic E-state index is 0.318. The predicted octanol–water partition coefficient (Wildman–Crippen LogP) is 4.67. The van der Waals surface area contributed by atoms with Crippen LogP contribution in [0.4, 0.5) is 11.5 Å². The van der Waals surface area contributed by atoms with E-state index in [-0.39, 0.29) is 5.78 Å². The highest BCUT2D eigenvalue weighted by Crippen LogP contribution is 2.30. The van der Waals surface area contributed by atoms with Gasteiger partial charge in [-0.3, -0.25) is 4.79 Å². The number of aliphatic hydroxyl groups is 1. The van der Waals surface area contributed by atoms with Gasteiger partial charge in [-0.2, -0.15) is 0 Å². The molecule has 4 aromatic rings. The van der Waals surface area contributed by atoms with Gasteiger partial charge in [-0.25, -0.2) is 9.97 Å². The normalized spacial score (nSPS) is 10.8. The number of ketones is 1. The van der Waals surface area contributed by atoms with Crippen LogP contribution < -0.4 is 9.64 Å². The minimum atomic E-state index is -0.504. The SMILES string of the molecule is Cc1nc(N(C)c2ccc(Oc3ccc(C(=O)CO)cc3)cc2)c2ccccc2n1. The molecule has 0 atom stereocenters. The molecule has 150 valence electrons.